The zero-order chi connectivity index (χ0) is 15.8. The first-order valence-electron chi connectivity index (χ1n) is 7.98. The summed E-state index contributed by atoms with van der Waals surface area (Å²) in [5, 5.41) is 11.5. The molecule has 4 rings (SSSR count). The Labute approximate surface area is 140 Å². The summed E-state index contributed by atoms with van der Waals surface area (Å²) in [6, 6.07) is 16.6. The number of fused-ring (bicyclic) bond motifs is 3. The van der Waals surface area contributed by atoms with E-state index in [1.807, 2.05) is 12.1 Å². The summed E-state index contributed by atoms with van der Waals surface area (Å²) in [5.74, 6) is 0. The number of aromatic amines is 1. The van der Waals surface area contributed by atoms with Crippen LogP contribution in [-0.2, 0) is 6.42 Å². The molecule has 23 heavy (non-hydrogen) atoms. The van der Waals surface area contributed by atoms with Crippen LogP contribution in [0, 0.1) is 0 Å². The maximum atomic E-state index is 9.44. The van der Waals surface area contributed by atoms with Gasteiger partial charge in [-0.1, -0.05) is 41.9 Å². The van der Waals surface area contributed by atoms with Crippen molar-refractivity contribution in [3.8, 4) is 0 Å². The molecule has 1 atom stereocenters. The number of aliphatic hydroxyl groups is 1. The molecule has 0 spiro atoms. The van der Waals surface area contributed by atoms with Gasteiger partial charge >= 0.3 is 0 Å². The second-order valence-corrected chi connectivity index (χ2v) is 6.46. The lowest BCUT2D eigenvalue weighted by Gasteiger charge is -2.35. The molecule has 2 N–H and O–H groups in total. The molecule has 0 bridgehead atoms. The quantitative estimate of drug-likeness (QED) is 0.769. The fourth-order valence-corrected chi connectivity index (χ4v) is 3.81. The van der Waals surface area contributed by atoms with E-state index in [0.717, 1.165) is 18.0 Å². The minimum absolute atomic E-state index is 0.135. The highest BCUT2D eigenvalue weighted by Gasteiger charge is 2.31. The van der Waals surface area contributed by atoms with E-state index in [1.165, 1.54) is 27.7 Å². The van der Waals surface area contributed by atoms with Crippen molar-refractivity contribution in [2.24, 2.45) is 0 Å². The number of para-hydroxylation sites is 1. The van der Waals surface area contributed by atoms with Gasteiger partial charge in [0.25, 0.3) is 0 Å². The zero-order valence-electron chi connectivity index (χ0n) is 12.8. The van der Waals surface area contributed by atoms with E-state index < -0.39 is 0 Å². The predicted molar refractivity (Wildman–Crippen MR) is 94.0 cm³/mol. The highest BCUT2D eigenvalue weighted by Crippen LogP contribution is 2.38. The first-order chi connectivity index (χ1) is 11.3. The number of nitrogens with one attached hydrogen (secondary N) is 1. The molecule has 2 heterocycles. The SMILES string of the molecule is OCCN1CCc2c([nH]c3ccccc23)[C@H]1c1ccc(Cl)cc1. The summed E-state index contributed by atoms with van der Waals surface area (Å²) in [6.07, 6.45) is 1.00. The van der Waals surface area contributed by atoms with Gasteiger partial charge in [0.05, 0.1) is 12.6 Å². The molecule has 3 nitrogen and oxygen atoms in total. The fourth-order valence-electron chi connectivity index (χ4n) is 3.68. The normalized spacial score (nSPS) is 18.3. The topological polar surface area (TPSA) is 39.3 Å². The molecule has 0 saturated heterocycles. The Bertz CT molecular complexity index is 825. The lowest BCUT2D eigenvalue weighted by atomic mass is 9.92. The monoisotopic (exact) mass is 326 g/mol. The molecule has 0 saturated carbocycles. The van der Waals surface area contributed by atoms with Crippen molar-refractivity contribution in [3.05, 3.63) is 70.4 Å². The van der Waals surface area contributed by atoms with Gasteiger partial charge in [0.15, 0.2) is 0 Å². The molecule has 0 aliphatic carbocycles. The molecule has 1 aliphatic heterocycles. The molecule has 4 heteroatoms. The van der Waals surface area contributed by atoms with E-state index in [9.17, 15) is 5.11 Å². The molecule has 3 aromatic rings. The van der Waals surface area contributed by atoms with E-state index in [4.69, 9.17) is 11.6 Å². The summed E-state index contributed by atoms with van der Waals surface area (Å²) < 4.78 is 0. The number of aromatic nitrogens is 1. The van der Waals surface area contributed by atoms with Crippen LogP contribution in [0.5, 0.6) is 0 Å². The Morgan fingerprint density at radius 1 is 1.13 bits per heavy atom. The van der Waals surface area contributed by atoms with Crippen LogP contribution >= 0.6 is 11.6 Å². The van der Waals surface area contributed by atoms with Crippen LogP contribution in [0.4, 0.5) is 0 Å². The van der Waals surface area contributed by atoms with Gasteiger partial charge in [0.2, 0.25) is 0 Å². The van der Waals surface area contributed by atoms with E-state index in [1.54, 1.807) is 0 Å². The molecule has 2 aromatic carbocycles. The highest BCUT2D eigenvalue weighted by atomic mass is 35.5. The van der Waals surface area contributed by atoms with E-state index in [0.29, 0.717) is 6.54 Å². The Balaban J connectivity index is 1.87. The lowest BCUT2D eigenvalue weighted by Crippen LogP contribution is -2.37. The van der Waals surface area contributed by atoms with Gasteiger partial charge in [-0.25, -0.2) is 0 Å². The first kappa shape index (κ1) is 14.8. The van der Waals surface area contributed by atoms with Crippen molar-refractivity contribution >= 4 is 22.5 Å². The predicted octanol–water partition coefficient (Wildman–Crippen LogP) is 3.76. The van der Waals surface area contributed by atoms with Crippen LogP contribution in [-0.4, -0.2) is 34.7 Å². The number of rotatable bonds is 3. The molecular formula is C19H19ClN2O. The summed E-state index contributed by atoms with van der Waals surface area (Å²) in [7, 11) is 0. The Hall–Kier alpha value is -1.81. The molecular weight excluding hydrogens is 308 g/mol. The number of nitrogens with zero attached hydrogens (tertiary/aromatic N) is 1. The zero-order valence-corrected chi connectivity index (χ0v) is 13.6. The average molecular weight is 327 g/mol. The number of hydrogen-bond donors (Lipinski definition) is 2. The smallest absolute Gasteiger partial charge is 0.0758 e. The third-order valence-corrected chi connectivity index (χ3v) is 4.96. The molecule has 0 unspecified atom stereocenters. The number of halogens is 1. The fraction of sp³-hybridized carbons (Fsp3) is 0.263. The van der Waals surface area contributed by atoms with E-state index >= 15 is 0 Å². The van der Waals surface area contributed by atoms with E-state index in [2.05, 4.69) is 46.3 Å². The van der Waals surface area contributed by atoms with Crippen LogP contribution in [0.3, 0.4) is 0 Å². The van der Waals surface area contributed by atoms with Gasteiger partial charge in [-0.05, 0) is 35.7 Å². The lowest BCUT2D eigenvalue weighted by molar-refractivity contribution is 0.159. The Morgan fingerprint density at radius 3 is 2.70 bits per heavy atom. The van der Waals surface area contributed by atoms with Gasteiger partial charge in [-0.2, -0.15) is 0 Å². The highest BCUT2D eigenvalue weighted by molar-refractivity contribution is 6.30. The van der Waals surface area contributed by atoms with E-state index in [-0.39, 0.29) is 12.6 Å². The number of aliphatic hydroxyl groups excluding tert-OH is 1. The standard InChI is InChI=1S/C19H19ClN2O/c20-14-7-5-13(6-8-14)19-18-16(9-10-22(19)11-12-23)15-3-1-2-4-17(15)21-18/h1-8,19,21,23H,9-12H2/t19-/m1/s1. The largest absolute Gasteiger partial charge is 0.395 e. The minimum atomic E-state index is 0.135. The third kappa shape index (κ3) is 2.55. The van der Waals surface area contributed by atoms with Gasteiger partial charge in [0, 0.05) is 34.7 Å². The van der Waals surface area contributed by atoms with Crippen molar-refractivity contribution in [2.45, 2.75) is 12.5 Å². The van der Waals surface area contributed by atoms with Gasteiger partial charge in [-0.15, -0.1) is 0 Å². The van der Waals surface area contributed by atoms with Crippen LogP contribution in [0.15, 0.2) is 48.5 Å². The average Bonchev–Trinajstić information content (AvgIpc) is 2.95. The minimum Gasteiger partial charge on any atom is -0.395 e. The van der Waals surface area contributed by atoms with Gasteiger partial charge in [-0.3, -0.25) is 4.90 Å². The number of H-pyrrole nitrogens is 1. The number of β-amino-alcohol motifs (C(OH)–C–C–N with tert-alkyl or cyclic N) is 1. The van der Waals surface area contributed by atoms with Crippen LogP contribution in [0.2, 0.25) is 5.02 Å². The maximum absolute atomic E-state index is 9.44. The van der Waals surface area contributed by atoms with Crippen LogP contribution in [0.1, 0.15) is 22.9 Å². The van der Waals surface area contributed by atoms with Crippen LogP contribution in [0.25, 0.3) is 10.9 Å². The molecule has 0 amide bonds. The number of hydrogen-bond acceptors (Lipinski definition) is 2. The molecule has 1 aliphatic rings. The Morgan fingerprint density at radius 2 is 1.91 bits per heavy atom. The van der Waals surface area contributed by atoms with Crippen molar-refractivity contribution in [1.29, 1.82) is 0 Å². The summed E-state index contributed by atoms with van der Waals surface area (Å²) in [5.41, 5.74) is 5.03. The summed E-state index contributed by atoms with van der Waals surface area (Å²) in [6.45, 7) is 1.78. The molecule has 0 fully saturated rings. The third-order valence-electron chi connectivity index (χ3n) is 4.71. The maximum Gasteiger partial charge on any atom is 0.0758 e. The number of benzene rings is 2. The Kier molecular flexibility index (Phi) is 3.85. The van der Waals surface area contributed by atoms with Crippen molar-refractivity contribution in [1.82, 2.24) is 9.88 Å². The van der Waals surface area contributed by atoms with Crippen molar-refractivity contribution in [3.63, 3.8) is 0 Å². The molecule has 118 valence electrons. The molecule has 1 aromatic heterocycles. The van der Waals surface area contributed by atoms with Crippen LogP contribution < -0.4 is 0 Å². The molecule has 0 radical (unpaired) electrons. The second kappa shape index (κ2) is 6.00. The van der Waals surface area contributed by atoms with Gasteiger partial charge in [0.1, 0.15) is 0 Å². The first-order valence-corrected chi connectivity index (χ1v) is 8.35. The second-order valence-electron chi connectivity index (χ2n) is 6.03. The summed E-state index contributed by atoms with van der Waals surface area (Å²) >= 11 is 6.05. The van der Waals surface area contributed by atoms with Crippen molar-refractivity contribution < 1.29 is 5.11 Å². The summed E-state index contributed by atoms with van der Waals surface area (Å²) in [4.78, 5) is 5.95. The van der Waals surface area contributed by atoms with Crippen molar-refractivity contribution in [2.75, 3.05) is 19.7 Å². The van der Waals surface area contributed by atoms with Gasteiger partial charge < -0.3 is 10.1 Å².